The van der Waals surface area contributed by atoms with Gasteiger partial charge in [-0.05, 0) is 12.3 Å². The van der Waals surface area contributed by atoms with Crippen LogP contribution in [-0.2, 0) is 19.2 Å². The van der Waals surface area contributed by atoms with Crippen LogP contribution in [0.1, 0.15) is 40.0 Å². The van der Waals surface area contributed by atoms with E-state index in [4.69, 9.17) is 4.84 Å². The van der Waals surface area contributed by atoms with Crippen LogP contribution in [0.4, 0.5) is 0 Å². The molecule has 0 bridgehead atoms. The van der Waals surface area contributed by atoms with E-state index >= 15 is 0 Å². The van der Waals surface area contributed by atoms with Gasteiger partial charge in [-0.15, -0.1) is 5.06 Å². The molecule has 0 aromatic heterocycles. The van der Waals surface area contributed by atoms with Crippen LogP contribution in [0.15, 0.2) is 0 Å². The molecule has 1 heterocycles. The number of hydrogen-bond acceptors (Lipinski definition) is 4. The maximum absolute atomic E-state index is 11.4. The Morgan fingerprint density at radius 3 is 2.56 bits per heavy atom. The number of carbonyl (C=O) groups excluding carboxylic acids is 3. The van der Waals surface area contributed by atoms with Gasteiger partial charge in [-0.2, -0.15) is 0 Å². The molecule has 5 heteroatoms. The van der Waals surface area contributed by atoms with Crippen LogP contribution >= 0.6 is 0 Å². The van der Waals surface area contributed by atoms with Gasteiger partial charge in [0.05, 0.1) is 0 Å². The fourth-order valence-corrected chi connectivity index (χ4v) is 1.41. The lowest BCUT2D eigenvalue weighted by molar-refractivity contribution is -0.198. The van der Waals surface area contributed by atoms with Crippen molar-refractivity contribution in [3.63, 3.8) is 0 Å². The van der Waals surface area contributed by atoms with Crippen molar-refractivity contribution in [3.8, 4) is 0 Å². The van der Waals surface area contributed by atoms with Crippen LogP contribution in [0.25, 0.3) is 0 Å². The van der Waals surface area contributed by atoms with Crippen LogP contribution in [0.2, 0.25) is 0 Å². The van der Waals surface area contributed by atoms with Crippen molar-refractivity contribution in [1.82, 2.24) is 5.06 Å². The van der Waals surface area contributed by atoms with Crippen LogP contribution in [0.5, 0.6) is 0 Å². The second-order valence-corrected chi connectivity index (χ2v) is 4.53. The standard InChI is InChI=1S/C11H17NO4/c1-7(2)4-5-10(14)16-12-9(13)6-8(3)11(12)15/h7-8H,4-6H2,1-3H3. The maximum Gasteiger partial charge on any atom is 0.333 e. The highest BCUT2D eigenvalue weighted by Crippen LogP contribution is 2.19. The van der Waals surface area contributed by atoms with Crippen molar-refractivity contribution in [2.24, 2.45) is 11.8 Å². The summed E-state index contributed by atoms with van der Waals surface area (Å²) in [5.74, 6) is -1.38. The highest BCUT2D eigenvalue weighted by molar-refractivity contribution is 6.02. The van der Waals surface area contributed by atoms with E-state index in [2.05, 4.69) is 0 Å². The molecule has 1 unspecified atom stereocenters. The van der Waals surface area contributed by atoms with Crippen molar-refractivity contribution in [3.05, 3.63) is 0 Å². The molecule has 0 aromatic rings. The van der Waals surface area contributed by atoms with Crippen molar-refractivity contribution >= 4 is 17.8 Å². The van der Waals surface area contributed by atoms with E-state index in [1.165, 1.54) is 0 Å². The molecule has 0 saturated carbocycles. The molecule has 1 aliphatic rings. The Bertz CT molecular complexity index is 311. The Kier molecular flexibility index (Phi) is 4.04. The quantitative estimate of drug-likeness (QED) is 0.678. The SMILES string of the molecule is CC(C)CCC(=O)ON1C(=O)CC(C)C1=O. The molecule has 0 aliphatic carbocycles. The second kappa shape index (κ2) is 5.09. The van der Waals surface area contributed by atoms with Crippen LogP contribution < -0.4 is 0 Å². The van der Waals surface area contributed by atoms with E-state index in [1.54, 1.807) is 6.92 Å². The molecule has 0 aromatic carbocycles. The summed E-state index contributed by atoms with van der Waals surface area (Å²) < 4.78 is 0. The Hall–Kier alpha value is -1.39. The summed E-state index contributed by atoms with van der Waals surface area (Å²) in [6.07, 6.45) is 1.03. The molecule has 0 spiro atoms. The largest absolute Gasteiger partial charge is 0.333 e. The Labute approximate surface area is 94.7 Å². The first-order valence-electron chi connectivity index (χ1n) is 5.49. The van der Waals surface area contributed by atoms with Gasteiger partial charge in [0.1, 0.15) is 0 Å². The Morgan fingerprint density at radius 2 is 2.12 bits per heavy atom. The molecule has 1 atom stereocenters. The van der Waals surface area contributed by atoms with Gasteiger partial charge in [0.15, 0.2) is 0 Å². The molecule has 0 N–H and O–H groups in total. The molecule has 5 nitrogen and oxygen atoms in total. The number of imide groups is 1. The predicted octanol–water partition coefficient (Wildman–Crippen LogP) is 1.28. The lowest BCUT2D eigenvalue weighted by Crippen LogP contribution is -2.33. The smallest absolute Gasteiger partial charge is 0.330 e. The van der Waals surface area contributed by atoms with Gasteiger partial charge in [0, 0.05) is 18.8 Å². The van der Waals surface area contributed by atoms with Gasteiger partial charge in [0.25, 0.3) is 11.8 Å². The van der Waals surface area contributed by atoms with Gasteiger partial charge in [-0.1, -0.05) is 20.8 Å². The van der Waals surface area contributed by atoms with E-state index in [1.807, 2.05) is 13.8 Å². The highest BCUT2D eigenvalue weighted by Gasteiger charge is 2.38. The molecule has 16 heavy (non-hydrogen) atoms. The van der Waals surface area contributed by atoms with Gasteiger partial charge < -0.3 is 4.84 Å². The van der Waals surface area contributed by atoms with Gasteiger partial charge in [-0.3, -0.25) is 9.59 Å². The third-order valence-electron chi connectivity index (χ3n) is 2.45. The van der Waals surface area contributed by atoms with Crippen molar-refractivity contribution in [2.45, 2.75) is 40.0 Å². The number of hydrogen-bond donors (Lipinski definition) is 0. The fraction of sp³-hybridized carbons (Fsp3) is 0.727. The summed E-state index contributed by atoms with van der Waals surface area (Å²) >= 11 is 0. The second-order valence-electron chi connectivity index (χ2n) is 4.53. The first-order valence-corrected chi connectivity index (χ1v) is 5.49. The van der Waals surface area contributed by atoms with Crippen molar-refractivity contribution in [1.29, 1.82) is 0 Å². The summed E-state index contributed by atoms with van der Waals surface area (Å²) in [6.45, 7) is 5.62. The monoisotopic (exact) mass is 227 g/mol. The number of nitrogens with zero attached hydrogens (tertiary/aromatic N) is 1. The highest BCUT2D eigenvalue weighted by atomic mass is 16.7. The summed E-state index contributed by atoms with van der Waals surface area (Å²) in [6, 6.07) is 0. The molecular formula is C11H17NO4. The number of rotatable bonds is 4. The molecular weight excluding hydrogens is 210 g/mol. The summed E-state index contributed by atoms with van der Waals surface area (Å²) in [5.41, 5.74) is 0. The van der Waals surface area contributed by atoms with E-state index in [9.17, 15) is 14.4 Å². The van der Waals surface area contributed by atoms with E-state index in [0.717, 1.165) is 0 Å². The normalized spacial score (nSPS) is 20.8. The third kappa shape index (κ3) is 3.05. The predicted molar refractivity (Wildman–Crippen MR) is 55.8 cm³/mol. The summed E-state index contributed by atoms with van der Waals surface area (Å²) in [4.78, 5) is 38.8. The maximum atomic E-state index is 11.4. The molecule has 0 radical (unpaired) electrons. The van der Waals surface area contributed by atoms with E-state index < -0.39 is 17.8 Å². The molecule has 1 rings (SSSR count). The molecule has 90 valence electrons. The molecule has 1 aliphatic heterocycles. The average Bonchev–Trinajstić information content (AvgIpc) is 2.42. The number of carbonyl (C=O) groups is 3. The lowest BCUT2D eigenvalue weighted by atomic mass is 10.1. The first kappa shape index (κ1) is 12.7. The van der Waals surface area contributed by atoms with Crippen LogP contribution in [0.3, 0.4) is 0 Å². The Morgan fingerprint density at radius 1 is 1.50 bits per heavy atom. The Balaban J connectivity index is 2.45. The van der Waals surface area contributed by atoms with Crippen LogP contribution in [-0.4, -0.2) is 22.8 Å². The molecule has 1 fully saturated rings. The third-order valence-corrected chi connectivity index (χ3v) is 2.45. The zero-order chi connectivity index (χ0) is 12.3. The van der Waals surface area contributed by atoms with Crippen molar-refractivity contribution < 1.29 is 19.2 Å². The van der Waals surface area contributed by atoms with Crippen LogP contribution in [0, 0.1) is 11.8 Å². The molecule has 2 amide bonds. The number of amides is 2. The zero-order valence-corrected chi connectivity index (χ0v) is 9.86. The summed E-state index contributed by atoms with van der Waals surface area (Å²) in [7, 11) is 0. The minimum atomic E-state index is -0.524. The zero-order valence-electron chi connectivity index (χ0n) is 9.86. The minimum absolute atomic E-state index is 0.121. The number of hydroxylamine groups is 2. The summed E-state index contributed by atoms with van der Waals surface area (Å²) in [5, 5.41) is 0.604. The topological polar surface area (TPSA) is 63.7 Å². The fourth-order valence-electron chi connectivity index (χ4n) is 1.41. The van der Waals surface area contributed by atoms with Gasteiger partial charge >= 0.3 is 5.97 Å². The van der Waals surface area contributed by atoms with Gasteiger partial charge in [-0.25, -0.2) is 4.79 Å². The lowest BCUT2D eigenvalue weighted by Gasteiger charge is -2.13. The minimum Gasteiger partial charge on any atom is -0.330 e. The average molecular weight is 227 g/mol. The molecule has 1 saturated heterocycles. The van der Waals surface area contributed by atoms with E-state index in [0.29, 0.717) is 17.4 Å². The van der Waals surface area contributed by atoms with E-state index in [-0.39, 0.29) is 18.8 Å². The van der Waals surface area contributed by atoms with Crippen molar-refractivity contribution in [2.75, 3.05) is 0 Å². The van der Waals surface area contributed by atoms with Gasteiger partial charge in [0.2, 0.25) is 0 Å². The first-order chi connectivity index (χ1) is 7.41.